The lowest BCUT2D eigenvalue weighted by Crippen LogP contribution is -2.70. The second kappa shape index (κ2) is 8.85. The highest BCUT2D eigenvalue weighted by atomic mass is 32.2. The third kappa shape index (κ3) is 4.34. The molecule has 3 aliphatic heterocycles. The number of aromatic nitrogens is 1. The predicted molar refractivity (Wildman–Crippen MR) is 114 cm³/mol. The first-order valence-electron chi connectivity index (χ1n) is 9.11. The van der Waals surface area contributed by atoms with Crippen molar-refractivity contribution >= 4 is 53.1 Å². The first-order chi connectivity index (χ1) is 14.0. The number of amides is 2. The van der Waals surface area contributed by atoms with Gasteiger partial charge in [0.25, 0.3) is 5.91 Å². The van der Waals surface area contributed by atoms with E-state index in [4.69, 9.17) is 0 Å². The lowest BCUT2D eigenvalue weighted by molar-refractivity contribution is -0.689. The van der Waals surface area contributed by atoms with Crippen molar-refractivity contribution in [2.45, 2.75) is 24.4 Å². The molecule has 3 aliphatic rings. The van der Waals surface area contributed by atoms with Crippen LogP contribution in [0.2, 0.25) is 0 Å². The van der Waals surface area contributed by atoms with Crippen molar-refractivity contribution in [2.75, 3.05) is 17.3 Å². The van der Waals surface area contributed by atoms with Crippen LogP contribution in [-0.2, 0) is 20.9 Å². The Labute approximate surface area is 181 Å². The van der Waals surface area contributed by atoms with Crippen LogP contribution >= 0.6 is 35.3 Å². The number of carbonyl (C=O) groups excluding carboxylic acids is 2. The van der Waals surface area contributed by atoms with Gasteiger partial charge < -0.3 is 10.4 Å². The molecule has 2 atom stereocenters. The summed E-state index contributed by atoms with van der Waals surface area (Å²) in [5.41, 5.74) is 0.733. The Kier molecular flexibility index (Phi) is 6.21. The molecule has 0 aliphatic carbocycles. The van der Waals surface area contributed by atoms with E-state index in [0.29, 0.717) is 17.9 Å². The summed E-state index contributed by atoms with van der Waals surface area (Å²) in [5.74, 6) is 0.855. The zero-order chi connectivity index (χ0) is 20.4. The highest BCUT2D eigenvalue weighted by Gasteiger charge is 2.54. The van der Waals surface area contributed by atoms with Gasteiger partial charge in [-0.3, -0.25) is 14.5 Å². The summed E-state index contributed by atoms with van der Waals surface area (Å²) in [6.07, 6.45) is 3.98. The van der Waals surface area contributed by atoms with Crippen LogP contribution in [-0.4, -0.2) is 56.5 Å². The molecule has 1 aromatic rings. The number of nitrogens with one attached hydrogen (secondary N) is 1. The monoisotopic (exact) mass is 450 g/mol. The largest absolute Gasteiger partial charge is 0.477 e. The molecule has 0 spiro atoms. The van der Waals surface area contributed by atoms with E-state index in [1.54, 1.807) is 23.5 Å². The highest BCUT2D eigenvalue weighted by molar-refractivity contribution is 8.09. The summed E-state index contributed by atoms with van der Waals surface area (Å²) < 4.78 is 1.89. The van der Waals surface area contributed by atoms with Crippen LogP contribution in [0.25, 0.3) is 0 Å². The van der Waals surface area contributed by atoms with Crippen molar-refractivity contribution in [2.24, 2.45) is 0 Å². The van der Waals surface area contributed by atoms with Gasteiger partial charge in [0.1, 0.15) is 17.1 Å². The minimum absolute atomic E-state index is 0.0440. The molecular weight excluding hydrogens is 430 g/mol. The first kappa shape index (κ1) is 20.4. The van der Waals surface area contributed by atoms with Crippen LogP contribution < -0.4 is 9.88 Å². The molecule has 2 amide bonds. The van der Waals surface area contributed by atoms with E-state index in [-0.39, 0.29) is 29.3 Å². The maximum atomic E-state index is 12.7. The molecule has 2 unspecified atom stereocenters. The third-order valence-corrected chi connectivity index (χ3v) is 8.43. The van der Waals surface area contributed by atoms with Gasteiger partial charge in [-0.25, -0.2) is 9.36 Å². The van der Waals surface area contributed by atoms with Gasteiger partial charge in [-0.15, -0.1) is 35.3 Å². The average Bonchev–Trinajstić information content (AvgIpc) is 2.73. The molecular formula is C19H20N3O4S3+. The second-order valence-corrected chi connectivity index (χ2v) is 10.0. The zero-order valence-corrected chi connectivity index (χ0v) is 17.9. The standard InChI is InChI=1S/C19H19N3O4S3/c23-14(8-13-11-27-6-7-28-13)20-15-17(24)22-16(19(25)26)12(10-29-18(15)22)9-21-4-2-1-3-5-21/h1-5,11,15,18H,6-10H2,(H-,20,23,25,26)/p+1. The van der Waals surface area contributed by atoms with Gasteiger partial charge in [-0.2, -0.15) is 0 Å². The van der Waals surface area contributed by atoms with Crippen molar-refractivity contribution < 1.29 is 24.1 Å². The number of carboxylic acid groups (broad SMARTS) is 1. The fourth-order valence-corrected chi connectivity index (χ4v) is 6.86. The maximum Gasteiger partial charge on any atom is 0.352 e. The van der Waals surface area contributed by atoms with Gasteiger partial charge in [0.2, 0.25) is 5.91 Å². The molecule has 1 aromatic heterocycles. The summed E-state index contributed by atoms with van der Waals surface area (Å²) in [6, 6.07) is 4.97. The van der Waals surface area contributed by atoms with Crippen LogP contribution in [0.3, 0.4) is 0 Å². The minimum atomic E-state index is -1.11. The number of nitrogens with zero attached hydrogens (tertiary/aromatic N) is 2. The topological polar surface area (TPSA) is 90.6 Å². The van der Waals surface area contributed by atoms with E-state index in [1.807, 2.05) is 40.6 Å². The van der Waals surface area contributed by atoms with Crippen LogP contribution in [0, 0.1) is 0 Å². The summed E-state index contributed by atoms with van der Waals surface area (Å²) >= 11 is 4.85. The van der Waals surface area contributed by atoms with Crippen molar-refractivity contribution in [3.8, 4) is 0 Å². The van der Waals surface area contributed by atoms with Crippen LogP contribution in [0.15, 0.2) is 52.2 Å². The van der Waals surface area contributed by atoms with Gasteiger partial charge >= 0.3 is 5.97 Å². The molecule has 7 nitrogen and oxygen atoms in total. The Morgan fingerprint density at radius 1 is 1.24 bits per heavy atom. The Hall–Kier alpha value is -1.91. The number of hydrogen-bond donors (Lipinski definition) is 2. The van der Waals surface area contributed by atoms with Crippen molar-refractivity contribution in [1.82, 2.24) is 10.2 Å². The molecule has 0 bridgehead atoms. The second-order valence-electron chi connectivity index (χ2n) is 6.74. The molecule has 1 saturated heterocycles. The maximum absolute atomic E-state index is 12.7. The molecule has 2 N–H and O–H groups in total. The zero-order valence-electron chi connectivity index (χ0n) is 15.4. The molecule has 152 valence electrons. The van der Waals surface area contributed by atoms with E-state index in [2.05, 4.69) is 5.32 Å². The summed E-state index contributed by atoms with van der Waals surface area (Å²) in [6.45, 7) is 0.409. The number of β-lactam (4-membered cyclic amide) rings is 1. The van der Waals surface area contributed by atoms with Crippen LogP contribution in [0.1, 0.15) is 6.42 Å². The number of rotatable bonds is 6. The van der Waals surface area contributed by atoms with Gasteiger partial charge in [0.05, 0.1) is 6.42 Å². The fraction of sp³-hybridized carbons (Fsp3) is 0.368. The van der Waals surface area contributed by atoms with Crippen molar-refractivity contribution in [3.63, 3.8) is 0 Å². The first-order valence-corrected chi connectivity index (χ1v) is 12.2. The Balaban J connectivity index is 1.45. The minimum Gasteiger partial charge on any atom is -0.477 e. The quantitative estimate of drug-likeness (QED) is 0.500. The predicted octanol–water partition coefficient (Wildman–Crippen LogP) is 1.42. The average molecular weight is 451 g/mol. The summed E-state index contributed by atoms with van der Waals surface area (Å²) in [4.78, 5) is 39.3. The SMILES string of the molecule is O=C(CC1=CSCCS1)NC1C(=O)N2C(C(=O)O)=C(C[n+]3ccccc3)CSC12. The van der Waals surface area contributed by atoms with Gasteiger partial charge in [0, 0.05) is 39.9 Å². The molecule has 0 aromatic carbocycles. The molecule has 0 saturated carbocycles. The molecule has 29 heavy (non-hydrogen) atoms. The van der Waals surface area contributed by atoms with Crippen LogP contribution in [0.5, 0.6) is 0 Å². The third-order valence-electron chi connectivity index (χ3n) is 4.76. The molecule has 4 rings (SSSR count). The van der Waals surface area contributed by atoms with Gasteiger partial charge in [-0.1, -0.05) is 6.07 Å². The van der Waals surface area contributed by atoms with Gasteiger partial charge in [0.15, 0.2) is 18.9 Å². The Morgan fingerprint density at radius 3 is 2.72 bits per heavy atom. The van der Waals surface area contributed by atoms with Crippen molar-refractivity contribution in [3.05, 3.63) is 52.2 Å². The summed E-state index contributed by atoms with van der Waals surface area (Å²) in [5, 5.41) is 14.2. The lowest BCUT2D eigenvalue weighted by Gasteiger charge is -2.49. The number of aliphatic carboxylic acids is 1. The van der Waals surface area contributed by atoms with Crippen molar-refractivity contribution in [1.29, 1.82) is 0 Å². The fourth-order valence-electron chi connectivity index (χ4n) is 3.45. The van der Waals surface area contributed by atoms with E-state index < -0.39 is 12.0 Å². The number of fused-ring (bicyclic) bond motifs is 1. The molecule has 4 heterocycles. The lowest BCUT2D eigenvalue weighted by atomic mass is 10.0. The molecule has 10 heteroatoms. The van der Waals surface area contributed by atoms with E-state index in [0.717, 1.165) is 16.4 Å². The number of thioether (sulfide) groups is 3. The summed E-state index contributed by atoms with van der Waals surface area (Å²) in [7, 11) is 0. The number of hydrogen-bond acceptors (Lipinski definition) is 6. The van der Waals surface area contributed by atoms with Crippen LogP contribution in [0.4, 0.5) is 0 Å². The van der Waals surface area contributed by atoms with E-state index in [9.17, 15) is 19.5 Å². The highest BCUT2D eigenvalue weighted by Crippen LogP contribution is 2.40. The molecule has 1 fully saturated rings. The number of pyridine rings is 1. The number of carboxylic acids is 1. The smallest absolute Gasteiger partial charge is 0.352 e. The molecule has 0 radical (unpaired) electrons. The van der Waals surface area contributed by atoms with E-state index in [1.165, 1.54) is 16.7 Å². The Morgan fingerprint density at radius 2 is 2.03 bits per heavy atom. The van der Waals surface area contributed by atoms with Gasteiger partial charge in [-0.05, 0) is 5.41 Å². The Bertz CT molecular complexity index is 903. The van der Waals surface area contributed by atoms with E-state index >= 15 is 0 Å². The number of carbonyl (C=O) groups is 3. The normalized spacial score (nSPS) is 23.8.